The van der Waals surface area contributed by atoms with Gasteiger partial charge in [-0.15, -0.1) is 12.4 Å². The van der Waals surface area contributed by atoms with Gasteiger partial charge >= 0.3 is 0 Å². The van der Waals surface area contributed by atoms with Crippen LogP contribution in [0.1, 0.15) is 39.5 Å². The maximum Gasteiger partial charge on any atom is 0.226 e. The summed E-state index contributed by atoms with van der Waals surface area (Å²) in [7, 11) is 0. The van der Waals surface area contributed by atoms with Gasteiger partial charge in [0.1, 0.15) is 0 Å². The number of amides is 1. The molecule has 1 saturated heterocycles. The van der Waals surface area contributed by atoms with Crippen LogP contribution in [0.25, 0.3) is 0 Å². The molecule has 1 aliphatic heterocycles. The van der Waals surface area contributed by atoms with Gasteiger partial charge in [0.2, 0.25) is 5.91 Å². The van der Waals surface area contributed by atoms with Crippen LogP contribution in [-0.4, -0.2) is 29.9 Å². The average Bonchev–Trinajstić information content (AvgIpc) is 2.83. The van der Waals surface area contributed by atoms with Crippen molar-refractivity contribution in [3.63, 3.8) is 0 Å². The topological polar surface area (TPSA) is 46.3 Å². The normalized spacial score (nSPS) is 37.0. The molecule has 2 N–H and O–H groups in total. The first kappa shape index (κ1) is 14.8. The Bertz CT molecular complexity index is 268. The summed E-state index contributed by atoms with van der Waals surface area (Å²) in [4.78, 5) is 14.5. The molecule has 2 fully saturated rings. The molecule has 2 rings (SSSR count). The Morgan fingerprint density at radius 1 is 1.35 bits per heavy atom. The van der Waals surface area contributed by atoms with Crippen LogP contribution in [0.4, 0.5) is 0 Å². The molecular formula is C13H25ClN2O. The summed E-state index contributed by atoms with van der Waals surface area (Å²) >= 11 is 0. The van der Waals surface area contributed by atoms with Gasteiger partial charge in [0.15, 0.2) is 0 Å². The van der Waals surface area contributed by atoms with Crippen molar-refractivity contribution in [1.82, 2.24) is 4.90 Å². The molecule has 0 radical (unpaired) electrons. The molecule has 1 heterocycles. The molecule has 4 atom stereocenters. The summed E-state index contributed by atoms with van der Waals surface area (Å²) < 4.78 is 0. The molecule has 0 aromatic rings. The summed E-state index contributed by atoms with van der Waals surface area (Å²) in [6, 6.07) is 0.432. The first-order chi connectivity index (χ1) is 7.63. The molecule has 0 aromatic heterocycles. The van der Waals surface area contributed by atoms with Gasteiger partial charge in [-0.25, -0.2) is 0 Å². The van der Waals surface area contributed by atoms with Gasteiger partial charge in [0.25, 0.3) is 0 Å². The quantitative estimate of drug-likeness (QED) is 0.826. The number of likely N-dealkylation sites (tertiary alicyclic amines) is 1. The Morgan fingerprint density at radius 3 is 2.59 bits per heavy atom. The van der Waals surface area contributed by atoms with Gasteiger partial charge in [0.05, 0.1) is 0 Å². The monoisotopic (exact) mass is 260 g/mol. The third-order valence-corrected chi connectivity index (χ3v) is 4.35. The van der Waals surface area contributed by atoms with Crippen LogP contribution in [0, 0.1) is 17.8 Å². The highest BCUT2D eigenvalue weighted by Crippen LogP contribution is 2.34. The molecule has 4 heteroatoms. The van der Waals surface area contributed by atoms with Crippen LogP contribution in [0.2, 0.25) is 0 Å². The average molecular weight is 261 g/mol. The largest absolute Gasteiger partial charge is 0.339 e. The molecule has 17 heavy (non-hydrogen) atoms. The number of nitrogens with zero attached hydrogens (tertiary/aromatic N) is 1. The van der Waals surface area contributed by atoms with E-state index in [9.17, 15) is 4.79 Å². The van der Waals surface area contributed by atoms with Crippen molar-refractivity contribution < 1.29 is 4.79 Å². The van der Waals surface area contributed by atoms with E-state index in [-0.39, 0.29) is 18.3 Å². The van der Waals surface area contributed by atoms with Crippen molar-refractivity contribution in [3.8, 4) is 0 Å². The second-order valence-corrected chi connectivity index (χ2v) is 5.71. The molecule has 100 valence electrons. The fourth-order valence-electron chi connectivity index (χ4n) is 3.46. The zero-order chi connectivity index (χ0) is 11.7. The van der Waals surface area contributed by atoms with Crippen LogP contribution < -0.4 is 5.73 Å². The number of carbonyl (C=O) groups excluding carboxylic acids is 1. The molecule has 2 aliphatic rings. The van der Waals surface area contributed by atoms with Crippen molar-refractivity contribution >= 4 is 18.3 Å². The minimum absolute atomic E-state index is 0. The Labute approximate surface area is 111 Å². The van der Waals surface area contributed by atoms with E-state index >= 15 is 0 Å². The van der Waals surface area contributed by atoms with E-state index in [1.165, 1.54) is 6.42 Å². The lowest BCUT2D eigenvalue weighted by Gasteiger charge is -2.27. The van der Waals surface area contributed by atoms with Crippen LogP contribution in [0.5, 0.6) is 0 Å². The van der Waals surface area contributed by atoms with Crippen molar-refractivity contribution in [2.24, 2.45) is 23.5 Å². The van der Waals surface area contributed by atoms with Crippen LogP contribution in [0.3, 0.4) is 0 Å². The Morgan fingerprint density at radius 2 is 2.06 bits per heavy atom. The lowest BCUT2D eigenvalue weighted by molar-refractivity contribution is -0.137. The number of halogens is 1. The standard InChI is InChI=1S/C13H24N2O.ClH/c1-9-6-10(2)15(8-9)13(16)12-5-3-4-11(12)7-14;/h9-12H,3-8,14H2,1-2H3;1H/t9?,10?,11-,12-;/m1./s1. The molecule has 0 spiro atoms. The SMILES string of the molecule is CC1CC(C)N(C(=O)[C@@H]2CCC[C@@H]2CN)C1.Cl. The second-order valence-electron chi connectivity index (χ2n) is 5.71. The third-order valence-electron chi connectivity index (χ3n) is 4.35. The molecular weight excluding hydrogens is 236 g/mol. The zero-order valence-corrected chi connectivity index (χ0v) is 11.7. The molecule has 0 aromatic carbocycles. The van der Waals surface area contributed by atoms with Gasteiger partial charge < -0.3 is 10.6 Å². The zero-order valence-electron chi connectivity index (χ0n) is 10.9. The number of nitrogens with two attached hydrogens (primary N) is 1. The summed E-state index contributed by atoms with van der Waals surface area (Å²) in [5.41, 5.74) is 5.75. The van der Waals surface area contributed by atoms with Gasteiger partial charge in [-0.1, -0.05) is 13.3 Å². The van der Waals surface area contributed by atoms with Gasteiger partial charge in [-0.2, -0.15) is 0 Å². The van der Waals surface area contributed by atoms with E-state index < -0.39 is 0 Å². The molecule has 3 nitrogen and oxygen atoms in total. The van der Waals surface area contributed by atoms with Crippen LogP contribution in [-0.2, 0) is 4.79 Å². The minimum Gasteiger partial charge on any atom is -0.339 e. The number of hydrogen-bond acceptors (Lipinski definition) is 2. The van der Waals surface area contributed by atoms with Crippen LogP contribution >= 0.6 is 12.4 Å². The van der Waals surface area contributed by atoms with Crippen LogP contribution in [0.15, 0.2) is 0 Å². The van der Waals surface area contributed by atoms with E-state index in [4.69, 9.17) is 5.73 Å². The van der Waals surface area contributed by atoms with Crippen molar-refractivity contribution in [2.75, 3.05) is 13.1 Å². The van der Waals surface area contributed by atoms with Crippen molar-refractivity contribution in [2.45, 2.75) is 45.6 Å². The van der Waals surface area contributed by atoms with E-state index in [0.717, 1.165) is 25.8 Å². The predicted octanol–water partition coefficient (Wildman–Crippen LogP) is 2.04. The van der Waals surface area contributed by atoms with Gasteiger partial charge in [-0.05, 0) is 44.6 Å². The lowest BCUT2D eigenvalue weighted by atomic mass is 9.94. The van der Waals surface area contributed by atoms with E-state index in [0.29, 0.717) is 30.3 Å². The van der Waals surface area contributed by atoms with Gasteiger partial charge in [0, 0.05) is 18.5 Å². The Balaban J connectivity index is 0.00000144. The summed E-state index contributed by atoms with van der Waals surface area (Å²) in [6.45, 7) is 6.04. The van der Waals surface area contributed by atoms with E-state index in [1.807, 2.05) is 0 Å². The second kappa shape index (κ2) is 6.05. The highest BCUT2D eigenvalue weighted by molar-refractivity contribution is 5.85. The molecule has 2 unspecified atom stereocenters. The Hall–Kier alpha value is -0.280. The first-order valence-corrected chi connectivity index (χ1v) is 6.64. The van der Waals surface area contributed by atoms with E-state index in [2.05, 4.69) is 18.7 Å². The molecule has 0 bridgehead atoms. The predicted molar refractivity (Wildman–Crippen MR) is 72.1 cm³/mol. The fraction of sp³-hybridized carbons (Fsp3) is 0.923. The first-order valence-electron chi connectivity index (χ1n) is 6.64. The third kappa shape index (κ3) is 2.94. The summed E-state index contributed by atoms with van der Waals surface area (Å²) in [5, 5.41) is 0. The summed E-state index contributed by atoms with van der Waals surface area (Å²) in [6.07, 6.45) is 4.53. The lowest BCUT2D eigenvalue weighted by Crippen LogP contribution is -2.40. The Kier molecular flexibility index (Phi) is 5.26. The minimum atomic E-state index is 0. The summed E-state index contributed by atoms with van der Waals surface area (Å²) in [5.74, 6) is 1.70. The van der Waals surface area contributed by atoms with Gasteiger partial charge in [-0.3, -0.25) is 4.79 Å². The fourth-order valence-corrected chi connectivity index (χ4v) is 3.46. The highest BCUT2D eigenvalue weighted by atomic mass is 35.5. The number of hydrogen-bond donors (Lipinski definition) is 1. The molecule has 1 saturated carbocycles. The molecule has 1 amide bonds. The smallest absolute Gasteiger partial charge is 0.226 e. The molecule has 1 aliphatic carbocycles. The maximum atomic E-state index is 12.4. The maximum absolute atomic E-state index is 12.4. The van der Waals surface area contributed by atoms with Crippen molar-refractivity contribution in [1.29, 1.82) is 0 Å². The van der Waals surface area contributed by atoms with E-state index in [1.54, 1.807) is 0 Å². The number of rotatable bonds is 2. The van der Waals surface area contributed by atoms with Crippen molar-refractivity contribution in [3.05, 3.63) is 0 Å². The highest BCUT2D eigenvalue weighted by Gasteiger charge is 2.38. The number of carbonyl (C=O) groups is 1.